The van der Waals surface area contributed by atoms with Gasteiger partial charge in [-0.2, -0.15) is 13.2 Å². The van der Waals surface area contributed by atoms with E-state index in [1.807, 2.05) is 0 Å². The Bertz CT molecular complexity index is 541. The molecule has 1 aromatic rings. The van der Waals surface area contributed by atoms with E-state index in [0.717, 1.165) is 0 Å². The topological polar surface area (TPSA) is 85.4 Å². The van der Waals surface area contributed by atoms with Gasteiger partial charge in [0.05, 0.1) is 12.0 Å². The van der Waals surface area contributed by atoms with Crippen molar-refractivity contribution in [1.82, 2.24) is 4.98 Å². The van der Waals surface area contributed by atoms with E-state index in [1.165, 1.54) is 0 Å². The number of alkyl halides is 6. The van der Waals surface area contributed by atoms with Crippen molar-refractivity contribution < 1.29 is 41.0 Å². The molecule has 0 unspecified atom stereocenters. The number of nitrogens with two attached hydrogens (primary N) is 1. The Morgan fingerprint density at radius 3 is 2.19 bits per heavy atom. The molecule has 0 bridgehead atoms. The van der Waals surface area contributed by atoms with Crippen molar-refractivity contribution in [3.63, 3.8) is 0 Å². The Morgan fingerprint density at radius 1 is 1.24 bits per heavy atom. The molecule has 1 heterocycles. The van der Waals surface area contributed by atoms with Crippen LogP contribution in [0.3, 0.4) is 0 Å². The van der Waals surface area contributed by atoms with Gasteiger partial charge in [0, 0.05) is 18.3 Å². The highest BCUT2D eigenvalue weighted by Crippen LogP contribution is 2.36. The molecule has 118 valence electrons. The summed E-state index contributed by atoms with van der Waals surface area (Å²) in [7, 11) is 0. The van der Waals surface area contributed by atoms with Gasteiger partial charge in [0.2, 0.25) is 5.88 Å². The van der Waals surface area contributed by atoms with Crippen LogP contribution in [0, 0.1) is 0 Å². The number of carbonyl (C=O) groups is 1. The third-order valence-electron chi connectivity index (χ3n) is 2.31. The summed E-state index contributed by atoms with van der Waals surface area (Å²) in [6, 6.07) is 0. The van der Waals surface area contributed by atoms with Gasteiger partial charge in [-0.25, -0.2) is 4.98 Å². The maximum atomic E-state index is 12.7. The summed E-state index contributed by atoms with van der Waals surface area (Å²) >= 11 is 0. The zero-order valence-corrected chi connectivity index (χ0v) is 10.0. The predicted molar refractivity (Wildman–Crippen MR) is 55.2 cm³/mol. The number of halogens is 6. The summed E-state index contributed by atoms with van der Waals surface area (Å²) in [4.78, 5) is 13.5. The van der Waals surface area contributed by atoms with E-state index >= 15 is 0 Å². The highest BCUT2D eigenvalue weighted by Gasteiger charge is 2.38. The summed E-state index contributed by atoms with van der Waals surface area (Å²) in [6.45, 7) is -0.825. The van der Waals surface area contributed by atoms with Gasteiger partial charge >= 0.3 is 18.5 Å². The Hall–Kier alpha value is -2.04. The minimum atomic E-state index is -5.23. The van der Waals surface area contributed by atoms with E-state index in [4.69, 9.17) is 10.8 Å². The van der Waals surface area contributed by atoms with Crippen LogP contribution in [-0.2, 0) is 23.9 Å². The molecule has 0 aliphatic heterocycles. The Balaban J connectivity index is 3.50. The van der Waals surface area contributed by atoms with E-state index in [-0.39, 0.29) is 6.20 Å². The van der Waals surface area contributed by atoms with Crippen LogP contribution in [0.2, 0.25) is 0 Å². The fraction of sp³-hybridized carbons (Fsp3) is 0.400. The van der Waals surface area contributed by atoms with Gasteiger partial charge in [-0.1, -0.05) is 0 Å². The smallest absolute Gasteiger partial charge is 0.481 e. The monoisotopic (exact) mass is 318 g/mol. The third-order valence-corrected chi connectivity index (χ3v) is 2.31. The summed E-state index contributed by atoms with van der Waals surface area (Å²) in [5.41, 5.74) is 2.02. The lowest BCUT2D eigenvalue weighted by atomic mass is 10.0. The van der Waals surface area contributed by atoms with Gasteiger partial charge < -0.3 is 15.6 Å². The molecular weight excluding hydrogens is 310 g/mol. The zero-order chi connectivity index (χ0) is 16.4. The number of hydrogen-bond donors (Lipinski definition) is 2. The Kier molecular flexibility index (Phi) is 4.66. The number of pyridine rings is 1. The molecule has 1 rings (SSSR count). The SMILES string of the molecule is NCc1c(C(F)(F)F)cnc(OC(F)(F)F)c1CC(=O)O. The van der Waals surface area contributed by atoms with E-state index in [2.05, 4.69) is 9.72 Å². The van der Waals surface area contributed by atoms with Crippen LogP contribution in [0.1, 0.15) is 16.7 Å². The fourth-order valence-corrected chi connectivity index (χ4v) is 1.58. The standard InChI is InChI=1S/C10H8F6N2O3/c11-9(12,13)6-3-18-8(21-10(14,15)16)4(1-7(19)20)5(6)2-17/h3H,1-2,17H2,(H,19,20). The molecule has 0 aromatic carbocycles. The molecular formula is C10H8F6N2O3. The minimum Gasteiger partial charge on any atom is -0.481 e. The molecule has 0 amide bonds. The maximum Gasteiger partial charge on any atom is 0.574 e. The second-order valence-electron chi connectivity index (χ2n) is 3.75. The molecule has 0 saturated heterocycles. The first-order valence-electron chi connectivity index (χ1n) is 5.21. The molecule has 5 nitrogen and oxygen atoms in total. The van der Waals surface area contributed by atoms with E-state index < -0.39 is 54.0 Å². The molecule has 11 heteroatoms. The van der Waals surface area contributed by atoms with Crippen molar-refractivity contribution in [1.29, 1.82) is 0 Å². The van der Waals surface area contributed by atoms with Crippen LogP contribution in [0.25, 0.3) is 0 Å². The number of nitrogens with zero attached hydrogens (tertiary/aromatic N) is 1. The number of aliphatic carboxylic acids is 1. The second-order valence-corrected chi connectivity index (χ2v) is 3.75. The van der Waals surface area contributed by atoms with Crippen molar-refractivity contribution in [2.45, 2.75) is 25.5 Å². The fourth-order valence-electron chi connectivity index (χ4n) is 1.58. The second kappa shape index (κ2) is 5.76. The number of aromatic nitrogens is 1. The van der Waals surface area contributed by atoms with Gasteiger partial charge in [-0.3, -0.25) is 4.79 Å². The summed E-state index contributed by atoms with van der Waals surface area (Å²) in [6.07, 6.45) is -11.2. The zero-order valence-electron chi connectivity index (χ0n) is 10.0. The molecule has 0 fully saturated rings. The number of ether oxygens (including phenoxy) is 1. The quantitative estimate of drug-likeness (QED) is 0.830. The van der Waals surface area contributed by atoms with Crippen molar-refractivity contribution in [3.8, 4) is 5.88 Å². The summed E-state index contributed by atoms with van der Waals surface area (Å²) in [5, 5.41) is 8.62. The van der Waals surface area contributed by atoms with Gasteiger partial charge in [-0.15, -0.1) is 13.2 Å². The predicted octanol–water partition coefficient (Wildman–Crippen LogP) is 2.08. The maximum absolute atomic E-state index is 12.7. The van der Waals surface area contributed by atoms with Crippen LogP contribution in [0.4, 0.5) is 26.3 Å². The molecule has 0 aliphatic rings. The molecule has 21 heavy (non-hydrogen) atoms. The average molecular weight is 318 g/mol. The van der Waals surface area contributed by atoms with Crippen LogP contribution in [0.15, 0.2) is 6.20 Å². The Labute approximate surface area is 113 Å². The normalized spacial score (nSPS) is 12.3. The first-order chi connectivity index (χ1) is 9.45. The average Bonchev–Trinajstić information content (AvgIpc) is 2.26. The van der Waals surface area contributed by atoms with Crippen molar-refractivity contribution >= 4 is 5.97 Å². The Morgan fingerprint density at radius 2 is 1.81 bits per heavy atom. The molecule has 0 spiro atoms. The summed E-state index contributed by atoms with van der Waals surface area (Å²) < 4.78 is 78.1. The molecule has 0 saturated carbocycles. The van der Waals surface area contributed by atoms with Gasteiger partial charge in [0.25, 0.3) is 0 Å². The van der Waals surface area contributed by atoms with E-state index in [1.54, 1.807) is 0 Å². The van der Waals surface area contributed by atoms with E-state index in [9.17, 15) is 31.1 Å². The van der Waals surface area contributed by atoms with Gasteiger partial charge in [0.15, 0.2) is 0 Å². The molecule has 0 aliphatic carbocycles. The van der Waals surface area contributed by atoms with Crippen molar-refractivity contribution in [2.24, 2.45) is 5.73 Å². The lowest BCUT2D eigenvalue weighted by Gasteiger charge is -2.18. The number of carboxylic acids is 1. The van der Waals surface area contributed by atoms with Crippen molar-refractivity contribution in [3.05, 3.63) is 22.9 Å². The van der Waals surface area contributed by atoms with Gasteiger partial charge in [-0.05, 0) is 5.56 Å². The van der Waals surface area contributed by atoms with Crippen LogP contribution in [-0.4, -0.2) is 22.4 Å². The minimum absolute atomic E-state index is 0.120. The molecule has 1 aromatic heterocycles. The largest absolute Gasteiger partial charge is 0.574 e. The molecule has 3 N–H and O–H groups in total. The van der Waals surface area contributed by atoms with Crippen molar-refractivity contribution in [2.75, 3.05) is 0 Å². The molecule has 0 radical (unpaired) electrons. The van der Waals surface area contributed by atoms with Crippen LogP contribution < -0.4 is 10.5 Å². The van der Waals surface area contributed by atoms with Gasteiger partial charge in [0.1, 0.15) is 0 Å². The van der Waals surface area contributed by atoms with E-state index in [0.29, 0.717) is 0 Å². The highest BCUT2D eigenvalue weighted by atomic mass is 19.4. The third kappa shape index (κ3) is 4.48. The number of carboxylic acid groups (broad SMARTS) is 1. The first-order valence-corrected chi connectivity index (χ1v) is 5.21. The highest BCUT2D eigenvalue weighted by molar-refractivity contribution is 5.72. The first kappa shape index (κ1) is 17.0. The lowest BCUT2D eigenvalue weighted by molar-refractivity contribution is -0.276. The lowest BCUT2D eigenvalue weighted by Crippen LogP contribution is -2.23. The van der Waals surface area contributed by atoms with Crippen LogP contribution in [0.5, 0.6) is 5.88 Å². The molecule has 0 atom stereocenters. The summed E-state index contributed by atoms with van der Waals surface area (Å²) in [5.74, 6) is -2.92. The number of hydrogen-bond acceptors (Lipinski definition) is 4. The van der Waals surface area contributed by atoms with Crippen LogP contribution >= 0.6 is 0 Å². The number of rotatable bonds is 4.